The number of benzene rings is 2. The van der Waals surface area contributed by atoms with Crippen LogP contribution >= 0.6 is 11.8 Å². The summed E-state index contributed by atoms with van der Waals surface area (Å²) in [5.74, 6) is -0.316. The van der Waals surface area contributed by atoms with Crippen molar-refractivity contribution in [2.75, 3.05) is 18.5 Å². The number of hydrogen-bond donors (Lipinski definition) is 2. The third-order valence-electron chi connectivity index (χ3n) is 4.37. The number of rotatable bonds is 7. The minimum absolute atomic E-state index is 0.155. The summed E-state index contributed by atoms with van der Waals surface area (Å²) in [4.78, 5) is 26.4. The Bertz CT molecular complexity index is 920. The minimum Gasteiger partial charge on any atom is -0.379 e. The molecule has 29 heavy (non-hydrogen) atoms. The van der Waals surface area contributed by atoms with Crippen molar-refractivity contribution < 1.29 is 14.3 Å². The molecule has 2 aromatic carbocycles. The summed E-state index contributed by atoms with van der Waals surface area (Å²) in [5, 5.41) is 5.78. The van der Waals surface area contributed by atoms with E-state index in [1.165, 1.54) is 17.3 Å². The molecule has 0 fully saturated rings. The van der Waals surface area contributed by atoms with Gasteiger partial charge in [-0.25, -0.2) is 0 Å². The van der Waals surface area contributed by atoms with E-state index in [4.69, 9.17) is 4.74 Å². The largest absolute Gasteiger partial charge is 0.379 e. The predicted molar refractivity (Wildman–Crippen MR) is 118 cm³/mol. The van der Waals surface area contributed by atoms with E-state index in [1.807, 2.05) is 57.2 Å². The molecule has 2 aromatic rings. The van der Waals surface area contributed by atoms with Gasteiger partial charge in [0.25, 0.3) is 11.8 Å². The van der Waals surface area contributed by atoms with Crippen molar-refractivity contribution in [3.8, 4) is 0 Å². The number of amides is 2. The smallest absolute Gasteiger partial charge is 0.262 e. The summed E-state index contributed by atoms with van der Waals surface area (Å²) in [6.45, 7) is 7.17. The van der Waals surface area contributed by atoms with Gasteiger partial charge in [-0.1, -0.05) is 41.6 Å². The van der Waals surface area contributed by atoms with Crippen molar-refractivity contribution in [3.05, 3.63) is 64.1 Å². The van der Waals surface area contributed by atoms with Crippen LogP contribution in [0.15, 0.2) is 52.3 Å². The Kier molecular flexibility index (Phi) is 7.12. The molecule has 1 aliphatic heterocycles. The van der Waals surface area contributed by atoms with Crippen LogP contribution in [-0.4, -0.2) is 31.1 Å². The molecule has 152 valence electrons. The van der Waals surface area contributed by atoms with Crippen molar-refractivity contribution in [1.29, 1.82) is 0 Å². The van der Waals surface area contributed by atoms with Crippen molar-refractivity contribution >= 4 is 35.3 Å². The van der Waals surface area contributed by atoms with E-state index in [0.29, 0.717) is 29.3 Å². The second-order valence-corrected chi connectivity index (χ2v) is 8.30. The monoisotopic (exact) mass is 410 g/mol. The summed E-state index contributed by atoms with van der Waals surface area (Å²) in [5.41, 5.74) is 3.35. The molecule has 0 saturated carbocycles. The van der Waals surface area contributed by atoms with Gasteiger partial charge in [-0.15, -0.1) is 0 Å². The summed E-state index contributed by atoms with van der Waals surface area (Å²) >= 11 is 1.41. The lowest BCUT2D eigenvalue weighted by Gasteiger charge is -2.19. The summed E-state index contributed by atoms with van der Waals surface area (Å²) in [6.07, 6.45) is 2.83. The van der Waals surface area contributed by atoms with Crippen LogP contribution in [0.5, 0.6) is 0 Å². The van der Waals surface area contributed by atoms with E-state index in [0.717, 1.165) is 16.9 Å². The number of carbonyl (C=O) groups excluding carboxylic acids is 2. The van der Waals surface area contributed by atoms with Gasteiger partial charge in [0.1, 0.15) is 0 Å². The van der Waals surface area contributed by atoms with Gasteiger partial charge in [0.05, 0.1) is 16.7 Å². The Morgan fingerprint density at radius 1 is 1.21 bits per heavy atom. The Labute approximate surface area is 175 Å². The SMILES string of the molecule is Cc1ccc(/C=C2/Sc3ccc(C(=O)NCCCOC(C)C)cc3NC2=O)cc1. The summed E-state index contributed by atoms with van der Waals surface area (Å²) in [7, 11) is 0. The Morgan fingerprint density at radius 2 is 1.97 bits per heavy atom. The van der Waals surface area contributed by atoms with Gasteiger partial charge in [-0.2, -0.15) is 0 Å². The van der Waals surface area contributed by atoms with Crippen LogP contribution < -0.4 is 10.6 Å². The summed E-state index contributed by atoms with van der Waals surface area (Å²) < 4.78 is 5.47. The van der Waals surface area contributed by atoms with Crippen LogP contribution in [0.4, 0.5) is 5.69 Å². The molecule has 5 nitrogen and oxygen atoms in total. The highest BCUT2D eigenvalue weighted by atomic mass is 32.2. The van der Waals surface area contributed by atoms with Crippen LogP contribution in [0.3, 0.4) is 0 Å². The number of fused-ring (bicyclic) bond motifs is 1. The second-order valence-electron chi connectivity index (χ2n) is 7.22. The van der Waals surface area contributed by atoms with Crippen LogP contribution in [-0.2, 0) is 9.53 Å². The first-order valence-corrected chi connectivity index (χ1v) is 10.6. The van der Waals surface area contributed by atoms with E-state index >= 15 is 0 Å². The maximum Gasteiger partial charge on any atom is 0.262 e. The zero-order valence-corrected chi connectivity index (χ0v) is 17.8. The van der Waals surface area contributed by atoms with Crippen LogP contribution in [0.25, 0.3) is 6.08 Å². The molecule has 0 atom stereocenters. The van der Waals surface area contributed by atoms with Gasteiger partial charge in [-0.3, -0.25) is 9.59 Å². The van der Waals surface area contributed by atoms with Crippen molar-refractivity contribution in [2.24, 2.45) is 0 Å². The fourth-order valence-electron chi connectivity index (χ4n) is 2.81. The highest BCUT2D eigenvalue weighted by molar-refractivity contribution is 8.04. The van der Waals surface area contributed by atoms with Crippen LogP contribution in [0, 0.1) is 6.92 Å². The average molecular weight is 411 g/mol. The summed E-state index contributed by atoms with van der Waals surface area (Å²) in [6, 6.07) is 13.4. The number of carbonyl (C=O) groups is 2. The van der Waals surface area contributed by atoms with Crippen molar-refractivity contribution in [2.45, 2.75) is 38.2 Å². The Morgan fingerprint density at radius 3 is 2.69 bits per heavy atom. The quantitative estimate of drug-likeness (QED) is 0.516. The number of hydrogen-bond acceptors (Lipinski definition) is 4. The van der Waals surface area contributed by atoms with Gasteiger partial charge >= 0.3 is 0 Å². The molecule has 0 spiro atoms. The zero-order valence-electron chi connectivity index (χ0n) is 17.0. The molecule has 0 radical (unpaired) electrons. The van der Waals surface area contributed by atoms with E-state index < -0.39 is 0 Å². The normalized spacial score (nSPS) is 14.6. The molecule has 2 N–H and O–H groups in total. The van der Waals surface area contributed by atoms with Gasteiger partial charge in [0.2, 0.25) is 0 Å². The van der Waals surface area contributed by atoms with E-state index in [-0.39, 0.29) is 17.9 Å². The molecular weight excluding hydrogens is 384 g/mol. The first-order chi connectivity index (χ1) is 13.9. The number of nitrogens with one attached hydrogen (secondary N) is 2. The minimum atomic E-state index is -0.161. The Balaban J connectivity index is 1.63. The van der Waals surface area contributed by atoms with Crippen molar-refractivity contribution in [1.82, 2.24) is 5.32 Å². The third kappa shape index (κ3) is 5.95. The van der Waals surface area contributed by atoms with Gasteiger partial charge in [0, 0.05) is 23.6 Å². The predicted octanol–water partition coefficient (Wildman–Crippen LogP) is 4.63. The standard InChI is InChI=1S/C23H26N2O3S/c1-15(2)28-12-4-11-24-22(26)18-9-10-20-19(14-18)25-23(27)21(29-20)13-17-7-5-16(3)6-8-17/h5-10,13-15H,4,11-12H2,1-3H3,(H,24,26)(H,25,27)/b21-13+. The highest BCUT2D eigenvalue weighted by Gasteiger charge is 2.22. The van der Waals surface area contributed by atoms with Gasteiger partial charge in [-0.05, 0) is 57.0 Å². The number of ether oxygens (including phenoxy) is 1. The highest BCUT2D eigenvalue weighted by Crippen LogP contribution is 2.39. The molecule has 0 unspecified atom stereocenters. The van der Waals surface area contributed by atoms with Crippen LogP contribution in [0.1, 0.15) is 41.8 Å². The van der Waals surface area contributed by atoms with Gasteiger partial charge < -0.3 is 15.4 Å². The maximum absolute atomic E-state index is 12.5. The number of anilines is 1. The van der Waals surface area contributed by atoms with Crippen molar-refractivity contribution in [3.63, 3.8) is 0 Å². The first kappa shape index (κ1) is 21.1. The molecule has 1 aliphatic rings. The van der Waals surface area contributed by atoms with E-state index in [1.54, 1.807) is 12.1 Å². The van der Waals surface area contributed by atoms with E-state index in [9.17, 15) is 9.59 Å². The lowest BCUT2D eigenvalue weighted by atomic mass is 10.1. The molecule has 0 aliphatic carbocycles. The van der Waals surface area contributed by atoms with Crippen LogP contribution in [0.2, 0.25) is 0 Å². The fourth-order valence-corrected chi connectivity index (χ4v) is 3.74. The average Bonchev–Trinajstić information content (AvgIpc) is 2.69. The molecule has 0 aromatic heterocycles. The molecule has 1 heterocycles. The molecule has 0 saturated heterocycles. The lowest BCUT2D eigenvalue weighted by molar-refractivity contribution is -0.112. The maximum atomic E-state index is 12.5. The lowest BCUT2D eigenvalue weighted by Crippen LogP contribution is -2.26. The molecular formula is C23H26N2O3S. The number of aryl methyl sites for hydroxylation is 1. The third-order valence-corrected chi connectivity index (χ3v) is 5.47. The molecule has 3 rings (SSSR count). The molecule has 0 bridgehead atoms. The zero-order chi connectivity index (χ0) is 20.8. The number of thioether (sulfide) groups is 1. The van der Waals surface area contributed by atoms with E-state index in [2.05, 4.69) is 10.6 Å². The van der Waals surface area contributed by atoms with Gasteiger partial charge in [0.15, 0.2) is 0 Å². The molecule has 6 heteroatoms. The second kappa shape index (κ2) is 9.76. The first-order valence-electron chi connectivity index (χ1n) is 9.74. The fraction of sp³-hybridized carbons (Fsp3) is 0.304. The Hall–Kier alpha value is -2.57. The molecule has 2 amide bonds. The topological polar surface area (TPSA) is 67.4 Å².